The Kier molecular flexibility index (Phi) is 2.67. The van der Waals surface area contributed by atoms with Crippen molar-refractivity contribution in [3.8, 4) is 0 Å². The van der Waals surface area contributed by atoms with Gasteiger partial charge in [0.25, 0.3) is 0 Å². The van der Waals surface area contributed by atoms with E-state index in [4.69, 9.17) is 0 Å². The van der Waals surface area contributed by atoms with Crippen LogP contribution in [0.1, 0.15) is 5.69 Å². The molecule has 1 heterocycles. The highest BCUT2D eigenvalue weighted by atomic mass is 79.9. The number of halogens is 5. The first kappa shape index (κ1) is 9.85. The van der Waals surface area contributed by atoms with E-state index in [-0.39, 0.29) is 4.60 Å². The maximum Gasteiger partial charge on any atom is 0.435 e. The first-order valence-electron chi connectivity index (χ1n) is 2.57. The molecule has 0 unspecified atom stereocenters. The highest BCUT2D eigenvalue weighted by molar-refractivity contribution is 9.10. The van der Waals surface area contributed by atoms with Crippen molar-refractivity contribution in [2.24, 2.45) is 0 Å². The summed E-state index contributed by atoms with van der Waals surface area (Å²) in [6.45, 7) is 0. The molecule has 1 rings (SSSR count). The fourth-order valence-electron chi connectivity index (χ4n) is 0.529. The fourth-order valence-corrected chi connectivity index (χ4v) is 1.23. The minimum Gasteiger partial charge on any atom is -0.169 e. The van der Waals surface area contributed by atoms with Gasteiger partial charge in [0, 0.05) is 6.07 Å². The molecule has 0 amide bonds. The summed E-state index contributed by atoms with van der Waals surface area (Å²) < 4.78 is 47.9. The molecule has 0 aliphatic carbocycles. The van der Waals surface area contributed by atoms with Crippen molar-refractivity contribution in [3.05, 3.63) is 16.4 Å². The van der Waals surface area contributed by atoms with Crippen molar-refractivity contribution < 1.29 is 17.1 Å². The summed E-state index contributed by atoms with van der Waals surface area (Å²) >= 11 is 2.30. The second-order valence-electron chi connectivity index (χ2n) is 1.79. The van der Waals surface area contributed by atoms with Gasteiger partial charge in [0.05, 0.1) is 0 Å². The van der Waals surface area contributed by atoms with Gasteiger partial charge in [-0.05, 0) is 15.9 Å². The summed E-state index contributed by atoms with van der Waals surface area (Å²) in [7, 11) is 0. The van der Waals surface area contributed by atoms with Crippen LogP contribution in [-0.2, 0) is 6.18 Å². The van der Waals surface area contributed by atoms with Crippen LogP contribution in [0.3, 0.4) is 0 Å². The first-order chi connectivity index (χ1) is 5.45. The van der Waals surface area contributed by atoms with Crippen LogP contribution in [0.5, 0.6) is 0 Å². The van der Waals surface area contributed by atoms with Crippen molar-refractivity contribution in [1.29, 1.82) is 0 Å². The summed E-state index contributed by atoms with van der Waals surface area (Å²) in [5.41, 5.74) is -1.13. The van der Waals surface area contributed by atoms with Gasteiger partial charge in [-0.15, -0.1) is 3.89 Å². The number of hydrogen-bond donors (Lipinski definition) is 0. The predicted molar refractivity (Wildman–Crippen MR) is 39.0 cm³/mol. The molecule has 0 spiro atoms. The van der Waals surface area contributed by atoms with Gasteiger partial charge in [-0.25, -0.2) is 0 Å². The van der Waals surface area contributed by atoms with Crippen molar-refractivity contribution >= 4 is 28.3 Å². The molecule has 12 heavy (non-hydrogen) atoms. The van der Waals surface area contributed by atoms with Gasteiger partial charge in [-0.2, -0.15) is 22.4 Å². The van der Waals surface area contributed by atoms with E-state index in [1.807, 2.05) is 0 Å². The van der Waals surface area contributed by atoms with Crippen LogP contribution < -0.4 is 0 Å². The smallest absolute Gasteiger partial charge is 0.169 e. The molecule has 0 atom stereocenters. The monoisotopic (exact) mass is 264 g/mol. The summed E-state index contributed by atoms with van der Waals surface area (Å²) in [5.74, 6) is 0. The van der Waals surface area contributed by atoms with E-state index in [2.05, 4.69) is 21.0 Å². The van der Waals surface area contributed by atoms with Gasteiger partial charge in [0.1, 0.15) is 4.60 Å². The summed E-state index contributed by atoms with van der Waals surface area (Å²) in [6.07, 6.45) is -4.54. The van der Waals surface area contributed by atoms with Crippen molar-refractivity contribution in [2.75, 3.05) is 0 Å². The van der Waals surface area contributed by atoms with E-state index in [1.54, 1.807) is 0 Å². The molecular weight excluding hydrogens is 264 g/mol. The average Bonchev–Trinajstić information content (AvgIpc) is 2.29. The largest absolute Gasteiger partial charge is 0.435 e. The minimum atomic E-state index is -4.54. The van der Waals surface area contributed by atoms with E-state index in [0.29, 0.717) is 10.2 Å². The minimum absolute atomic E-state index is 0.0673. The summed E-state index contributed by atoms with van der Waals surface area (Å²) in [4.78, 5) is 0. The zero-order valence-corrected chi connectivity index (χ0v) is 7.67. The highest BCUT2D eigenvalue weighted by Gasteiger charge is 2.34. The van der Waals surface area contributed by atoms with E-state index >= 15 is 0 Å². The van der Waals surface area contributed by atoms with E-state index < -0.39 is 24.2 Å². The predicted octanol–water partition coefficient (Wildman–Crippen LogP) is 3.05. The topological polar surface area (TPSA) is 17.8 Å². The SMILES string of the molecule is FSn1nc(C(F)(F)F)cc1Br. The average molecular weight is 265 g/mol. The lowest BCUT2D eigenvalue weighted by Crippen LogP contribution is -2.05. The second kappa shape index (κ2) is 3.25. The van der Waals surface area contributed by atoms with Crippen LogP contribution in [0.2, 0.25) is 0 Å². The van der Waals surface area contributed by atoms with Gasteiger partial charge >= 0.3 is 6.18 Å². The maximum atomic E-state index is 11.9. The van der Waals surface area contributed by atoms with Gasteiger partial charge in [0.15, 0.2) is 18.0 Å². The molecule has 0 fully saturated rings. The lowest BCUT2D eigenvalue weighted by atomic mass is 10.4. The third kappa shape index (κ3) is 1.92. The molecule has 0 aromatic carbocycles. The van der Waals surface area contributed by atoms with Crippen molar-refractivity contribution in [3.63, 3.8) is 0 Å². The van der Waals surface area contributed by atoms with E-state index in [1.165, 1.54) is 0 Å². The Hall–Kier alpha value is -0.240. The Labute approximate surface area is 77.5 Å². The van der Waals surface area contributed by atoms with Crippen molar-refractivity contribution in [1.82, 2.24) is 9.19 Å². The molecule has 1 aromatic rings. The van der Waals surface area contributed by atoms with Gasteiger partial charge < -0.3 is 0 Å². The Morgan fingerprint density at radius 3 is 2.33 bits per heavy atom. The van der Waals surface area contributed by atoms with Crippen molar-refractivity contribution in [2.45, 2.75) is 6.18 Å². The lowest BCUT2D eigenvalue weighted by Gasteiger charge is -1.98. The third-order valence-corrected chi connectivity index (χ3v) is 2.20. The van der Waals surface area contributed by atoms with Crippen LogP contribution in [0.15, 0.2) is 10.7 Å². The third-order valence-electron chi connectivity index (χ3n) is 0.993. The number of hydrogen-bond acceptors (Lipinski definition) is 2. The Balaban J connectivity index is 3.05. The molecule has 0 N–H and O–H groups in total. The Bertz CT molecular complexity index is 283. The van der Waals surface area contributed by atoms with Crippen LogP contribution >= 0.6 is 28.3 Å². The molecular formula is C4HBrF4N2S. The summed E-state index contributed by atoms with van der Waals surface area (Å²) in [6, 6.07) is 0.701. The highest BCUT2D eigenvalue weighted by Crippen LogP contribution is 2.31. The zero-order valence-electron chi connectivity index (χ0n) is 5.27. The number of alkyl halides is 3. The van der Waals surface area contributed by atoms with Crippen LogP contribution in [0, 0.1) is 0 Å². The second-order valence-corrected chi connectivity index (χ2v) is 3.09. The number of rotatable bonds is 1. The quantitative estimate of drug-likeness (QED) is 0.726. The number of nitrogens with zero attached hydrogens (tertiary/aromatic N) is 2. The Morgan fingerprint density at radius 2 is 2.08 bits per heavy atom. The van der Waals surface area contributed by atoms with Gasteiger partial charge in [-0.3, -0.25) is 0 Å². The zero-order chi connectivity index (χ0) is 9.35. The maximum absolute atomic E-state index is 11.9. The van der Waals surface area contributed by atoms with Gasteiger partial charge in [-0.1, -0.05) is 0 Å². The molecule has 2 nitrogen and oxygen atoms in total. The first-order valence-corrected chi connectivity index (χ1v) is 4.03. The fraction of sp³-hybridized carbons (Fsp3) is 0.250. The molecule has 0 radical (unpaired) electrons. The van der Waals surface area contributed by atoms with Crippen LogP contribution in [-0.4, -0.2) is 9.19 Å². The standard InChI is InChI=1S/C4HBrF4N2S/c5-3-1-2(4(6,7)8)10-11(3)12-9/h1H. The Morgan fingerprint density at radius 1 is 1.50 bits per heavy atom. The van der Waals surface area contributed by atoms with Crippen LogP contribution in [0.25, 0.3) is 0 Å². The van der Waals surface area contributed by atoms with Gasteiger partial charge in [0.2, 0.25) is 0 Å². The lowest BCUT2D eigenvalue weighted by molar-refractivity contribution is -0.141. The molecule has 0 saturated heterocycles. The van der Waals surface area contributed by atoms with E-state index in [0.717, 1.165) is 0 Å². The van der Waals surface area contributed by atoms with Crippen LogP contribution in [0.4, 0.5) is 17.1 Å². The molecule has 0 aliphatic heterocycles. The molecule has 0 bridgehead atoms. The van der Waals surface area contributed by atoms with E-state index in [9.17, 15) is 17.1 Å². The molecule has 0 saturated carbocycles. The molecule has 68 valence electrons. The summed E-state index contributed by atoms with van der Waals surface area (Å²) in [5, 5.41) is 2.93. The normalized spacial score (nSPS) is 12.1. The molecule has 1 aromatic heterocycles. The number of aromatic nitrogens is 2. The molecule has 0 aliphatic rings. The molecule has 8 heteroatoms.